The summed E-state index contributed by atoms with van der Waals surface area (Å²) in [4.78, 5) is 12.1. The van der Waals surface area contributed by atoms with Gasteiger partial charge in [-0.2, -0.15) is 0 Å². The second-order valence-corrected chi connectivity index (χ2v) is 9.43. The number of sulfonamides is 1. The van der Waals surface area contributed by atoms with Crippen molar-refractivity contribution in [3.8, 4) is 5.75 Å². The second-order valence-electron chi connectivity index (χ2n) is 6.29. The molecule has 0 saturated heterocycles. The molecule has 1 amide bonds. The largest absolute Gasteiger partial charge is 0.484 e. The Kier molecular flexibility index (Phi) is 6.56. The van der Waals surface area contributed by atoms with Gasteiger partial charge in [0.05, 0.1) is 5.69 Å². The first-order chi connectivity index (χ1) is 13.9. The van der Waals surface area contributed by atoms with Crippen molar-refractivity contribution in [3.63, 3.8) is 0 Å². The van der Waals surface area contributed by atoms with Gasteiger partial charge in [-0.3, -0.25) is 9.10 Å². The fourth-order valence-electron chi connectivity index (χ4n) is 2.61. The van der Waals surface area contributed by atoms with Crippen molar-refractivity contribution < 1.29 is 17.9 Å². The summed E-state index contributed by atoms with van der Waals surface area (Å²) < 4.78 is 32.1. The highest BCUT2D eigenvalue weighted by molar-refractivity contribution is 7.94. The average Bonchev–Trinajstić information content (AvgIpc) is 3.28. The maximum absolute atomic E-state index is 12.6. The third kappa shape index (κ3) is 5.16. The van der Waals surface area contributed by atoms with Crippen LogP contribution in [-0.2, 0) is 21.2 Å². The van der Waals surface area contributed by atoms with E-state index in [9.17, 15) is 13.2 Å². The van der Waals surface area contributed by atoms with E-state index in [1.54, 1.807) is 41.8 Å². The number of nitrogens with zero attached hydrogens (tertiary/aromatic N) is 1. The van der Waals surface area contributed by atoms with Crippen LogP contribution < -0.4 is 14.4 Å². The second kappa shape index (κ2) is 9.11. The van der Waals surface area contributed by atoms with Gasteiger partial charge in [0, 0.05) is 12.7 Å². The summed E-state index contributed by atoms with van der Waals surface area (Å²) >= 11 is 1.17. The fourth-order valence-corrected chi connectivity index (χ4v) is 4.96. The Balaban J connectivity index is 1.56. The van der Waals surface area contributed by atoms with Crippen LogP contribution in [0.2, 0.25) is 0 Å². The van der Waals surface area contributed by atoms with Crippen LogP contribution in [-0.4, -0.2) is 28.0 Å². The highest BCUT2D eigenvalue weighted by Crippen LogP contribution is 2.26. The molecule has 0 aliphatic rings. The molecule has 0 unspecified atom stereocenters. The zero-order chi connectivity index (χ0) is 20.9. The van der Waals surface area contributed by atoms with Gasteiger partial charge >= 0.3 is 0 Å². The van der Waals surface area contributed by atoms with Crippen molar-refractivity contribution in [2.75, 3.05) is 23.3 Å². The summed E-state index contributed by atoms with van der Waals surface area (Å²) in [5.74, 6) is 0.211. The van der Waals surface area contributed by atoms with Crippen LogP contribution in [0.1, 0.15) is 12.5 Å². The number of aryl methyl sites for hydroxylation is 1. The highest BCUT2D eigenvalue weighted by Gasteiger charge is 2.22. The van der Waals surface area contributed by atoms with E-state index in [0.29, 0.717) is 17.1 Å². The van der Waals surface area contributed by atoms with E-state index in [0.717, 1.165) is 6.42 Å². The molecule has 2 aromatic carbocycles. The summed E-state index contributed by atoms with van der Waals surface area (Å²) in [6, 6.07) is 17.5. The lowest BCUT2D eigenvalue weighted by Crippen LogP contribution is -2.25. The Morgan fingerprint density at radius 1 is 1.07 bits per heavy atom. The minimum atomic E-state index is -3.58. The Bertz CT molecular complexity index is 1050. The van der Waals surface area contributed by atoms with Gasteiger partial charge in [-0.05, 0) is 59.8 Å². The summed E-state index contributed by atoms with van der Waals surface area (Å²) in [7, 11) is -2.08. The SMILES string of the molecule is CCc1ccc(NC(=O)COc2ccc(N(C)S(=O)(=O)c3cccs3)cc2)cc1. The summed E-state index contributed by atoms with van der Waals surface area (Å²) in [5, 5.41) is 4.50. The van der Waals surface area contributed by atoms with Gasteiger partial charge in [0.15, 0.2) is 6.61 Å². The summed E-state index contributed by atoms with van der Waals surface area (Å²) in [5.41, 5.74) is 2.42. The molecule has 152 valence electrons. The maximum Gasteiger partial charge on any atom is 0.273 e. The number of carbonyl (C=O) groups excluding carboxylic acids is 1. The van der Waals surface area contributed by atoms with Gasteiger partial charge in [-0.1, -0.05) is 25.1 Å². The lowest BCUT2D eigenvalue weighted by Gasteiger charge is -2.18. The van der Waals surface area contributed by atoms with E-state index in [-0.39, 0.29) is 16.7 Å². The quantitative estimate of drug-likeness (QED) is 0.582. The van der Waals surface area contributed by atoms with Crippen molar-refractivity contribution in [1.29, 1.82) is 0 Å². The third-order valence-corrected chi connectivity index (χ3v) is 7.48. The minimum Gasteiger partial charge on any atom is -0.484 e. The number of hydrogen-bond acceptors (Lipinski definition) is 5. The Hall–Kier alpha value is -2.84. The molecule has 1 aromatic heterocycles. The van der Waals surface area contributed by atoms with Crippen molar-refractivity contribution >= 4 is 38.6 Å². The van der Waals surface area contributed by atoms with Gasteiger partial charge < -0.3 is 10.1 Å². The van der Waals surface area contributed by atoms with E-state index >= 15 is 0 Å². The molecule has 0 aliphatic carbocycles. The lowest BCUT2D eigenvalue weighted by molar-refractivity contribution is -0.118. The molecule has 6 nitrogen and oxygen atoms in total. The average molecular weight is 431 g/mol. The zero-order valence-corrected chi connectivity index (χ0v) is 17.8. The highest BCUT2D eigenvalue weighted by atomic mass is 32.2. The van der Waals surface area contributed by atoms with Crippen molar-refractivity contribution in [2.45, 2.75) is 17.6 Å². The molecule has 0 atom stereocenters. The zero-order valence-electron chi connectivity index (χ0n) is 16.2. The molecule has 3 rings (SSSR count). The molecule has 3 aromatic rings. The first-order valence-electron chi connectivity index (χ1n) is 9.04. The normalized spacial score (nSPS) is 11.1. The van der Waals surface area contributed by atoms with Crippen LogP contribution in [0.25, 0.3) is 0 Å². The van der Waals surface area contributed by atoms with Crippen LogP contribution in [0.3, 0.4) is 0 Å². The minimum absolute atomic E-state index is 0.141. The van der Waals surface area contributed by atoms with Crippen molar-refractivity contribution in [1.82, 2.24) is 0 Å². The molecule has 0 aliphatic heterocycles. The van der Waals surface area contributed by atoms with Crippen molar-refractivity contribution in [3.05, 3.63) is 71.6 Å². The van der Waals surface area contributed by atoms with Crippen LogP contribution in [0.15, 0.2) is 70.3 Å². The number of hydrogen-bond donors (Lipinski definition) is 1. The molecule has 1 heterocycles. The topological polar surface area (TPSA) is 75.7 Å². The molecule has 0 radical (unpaired) electrons. The molecule has 8 heteroatoms. The first-order valence-corrected chi connectivity index (χ1v) is 11.4. The van der Waals surface area contributed by atoms with Crippen LogP contribution in [0.4, 0.5) is 11.4 Å². The number of thiophene rings is 1. The summed E-state index contributed by atoms with van der Waals surface area (Å²) in [6.45, 7) is 1.93. The van der Waals surface area contributed by atoms with Crippen LogP contribution in [0.5, 0.6) is 5.75 Å². The molecular weight excluding hydrogens is 408 g/mol. The third-order valence-electron chi connectivity index (χ3n) is 4.33. The van der Waals surface area contributed by atoms with Crippen molar-refractivity contribution in [2.24, 2.45) is 0 Å². The van der Waals surface area contributed by atoms with E-state index in [1.165, 1.54) is 28.3 Å². The number of rotatable bonds is 8. The Labute approximate surface area is 174 Å². The Morgan fingerprint density at radius 3 is 2.34 bits per heavy atom. The molecule has 0 bridgehead atoms. The molecule has 0 spiro atoms. The standard InChI is InChI=1S/C21H22N2O4S2/c1-3-16-6-8-17(9-7-16)22-20(24)15-27-19-12-10-18(11-13-19)23(2)29(25,26)21-5-4-14-28-21/h4-14H,3,15H2,1-2H3,(H,22,24). The number of amides is 1. The van der Waals surface area contributed by atoms with Gasteiger partial charge in [0.1, 0.15) is 9.96 Å². The number of nitrogens with one attached hydrogen (secondary N) is 1. The molecule has 29 heavy (non-hydrogen) atoms. The number of anilines is 2. The number of carbonyl (C=O) groups is 1. The molecule has 0 saturated carbocycles. The smallest absolute Gasteiger partial charge is 0.273 e. The van der Waals surface area contributed by atoms with E-state index in [2.05, 4.69) is 12.2 Å². The molecular formula is C21H22N2O4S2. The van der Waals surface area contributed by atoms with Crippen LogP contribution >= 0.6 is 11.3 Å². The predicted molar refractivity (Wildman–Crippen MR) is 116 cm³/mol. The summed E-state index contributed by atoms with van der Waals surface area (Å²) in [6.07, 6.45) is 0.942. The first kappa shape index (κ1) is 20.9. The van der Waals surface area contributed by atoms with Gasteiger partial charge in [0.25, 0.3) is 15.9 Å². The van der Waals surface area contributed by atoms with E-state index < -0.39 is 10.0 Å². The van der Waals surface area contributed by atoms with Gasteiger partial charge in [-0.25, -0.2) is 8.42 Å². The maximum atomic E-state index is 12.6. The molecule has 1 N–H and O–H groups in total. The number of ether oxygens (including phenoxy) is 1. The predicted octanol–water partition coefficient (Wildman–Crippen LogP) is 4.15. The number of benzene rings is 2. The van der Waals surface area contributed by atoms with Gasteiger partial charge in [0.2, 0.25) is 0 Å². The van der Waals surface area contributed by atoms with Gasteiger partial charge in [-0.15, -0.1) is 11.3 Å². The molecule has 0 fully saturated rings. The monoisotopic (exact) mass is 430 g/mol. The van der Waals surface area contributed by atoms with E-state index in [4.69, 9.17) is 4.74 Å². The fraction of sp³-hybridized carbons (Fsp3) is 0.190. The lowest BCUT2D eigenvalue weighted by atomic mass is 10.1. The van der Waals surface area contributed by atoms with Crippen LogP contribution in [0, 0.1) is 0 Å². The van der Waals surface area contributed by atoms with E-state index in [1.807, 2.05) is 24.3 Å². The Morgan fingerprint density at radius 2 is 1.76 bits per heavy atom.